The van der Waals surface area contributed by atoms with Gasteiger partial charge in [-0.25, -0.2) is 0 Å². The molecule has 0 unspecified atom stereocenters. The van der Waals surface area contributed by atoms with E-state index in [1.54, 1.807) is 0 Å². The normalized spacial score (nSPS) is 13.7. The van der Waals surface area contributed by atoms with Gasteiger partial charge in [-0.1, -0.05) is 78.9 Å². The highest BCUT2D eigenvalue weighted by molar-refractivity contribution is 6.12. The van der Waals surface area contributed by atoms with Crippen LogP contribution < -0.4 is 0 Å². The molecule has 0 saturated heterocycles. The summed E-state index contributed by atoms with van der Waals surface area (Å²) >= 11 is 0. The zero-order chi connectivity index (χ0) is 23.6. The van der Waals surface area contributed by atoms with Gasteiger partial charge in [-0.3, -0.25) is 0 Å². The zero-order valence-corrected chi connectivity index (χ0v) is 20.0. The molecule has 0 amide bonds. The molecule has 0 atom stereocenters. The van der Waals surface area contributed by atoms with E-state index in [4.69, 9.17) is 4.42 Å². The number of aromatic nitrogens is 1. The Labute approximate surface area is 209 Å². The molecule has 2 aliphatic rings. The van der Waals surface area contributed by atoms with Crippen molar-refractivity contribution in [1.82, 2.24) is 4.57 Å². The molecule has 2 aromatic heterocycles. The molecule has 2 heterocycles. The number of hydrogen-bond donors (Lipinski definition) is 0. The summed E-state index contributed by atoms with van der Waals surface area (Å²) in [6.45, 7) is 0. The highest BCUT2D eigenvalue weighted by Crippen LogP contribution is 2.40. The first-order valence-corrected chi connectivity index (χ1v) is 12.9. The molecule has 0 fully saturated rings. The van der Waals surface area contributed by atoms with Crippen LogP contribution in [0.3, 0.4) is 0 Å². The van der Waals surface area contributed by atoms with Crippen molar-refractivity contribution in [3.63, 3.8) is 0 Å². The first-order chi connectivity index (χ1) is 17.9. The lowest BCUT2D eigenvalue weighted by molar-refractivity contribution is 0.661. The summed E-state index contributed by atoms with van der Waals surface area (Å²) in [6, 6.07) is 37.6. The van der Waals surface area contributed by atoms with Gasteiger partial charge in [0, 0.05) is 27.2 Å². The summed E-state index contributed by atoms with van der Waals surface area (Å²) in [4.78, 5) is 0. The van der Waals surface area contributed by atoms with Crippen molar-refractivity contribution < 1.29 is 4.42 Å². The second kappa shape index (κ2) is 7.60. The number of furan rings is 1. The number of fused-ring (bicyclic) bond motifs is 7. The van der Waals surface area contributed by atoms with Crippen molar-refractivity contribution in [2.45, 2.75) is 25.7 Å². The van der Waals surface area contributed by atoms with Crippen molar-refractivity contribution in [1.29, 1.82) is 0 Å². The first-order valence-electron chi connectivity index (χ1n) is 12.9. The van der Waals surface area contributed by atoms with Crippen LogP contribution in [0.15, 0.2) is 108 Å². The van der Waals surface area contributed by atoms with E-state index in [2.05, 4.69) is 108 Å². The van der Waals surface area contributed by atoms with Crippen molar-refractivity contribution in [2.24, 2.45) is 0 Å². The number of benzene rings is 5. The van der Waals surface area contributed by atoms with E-state index in [1.807, 2.05) is 0 Å². The average Bonchev–Trinajstić information content (AvgIpc) is 3.48. The van der Waals surface area contributed by atoms with Gasteiger partial charge in [0.25, 0.3) is 0 Å². The molecule has 0 spiro atoms. The average molecular weight is 464 g/mol. The van der Waals surface area contributed by atoms with E-state index in [0.717, 1.165) is 36.8 Å². The van der Waals surface area contributed by atoms with E-state index in [-0.39, 0.29) is 0 Å². The summed E-state index contributed by atoms with van der Waals surface area (Å²) in [7, 11) is 0. The molecule has 9 rings (SSSR count). The van der Waals surface area contributed by atoms with Gasteiger partial charge in [-0.2, -0.15) is 0 Å². The molecular formula is C34H25NO. The van der Waals surface area contributed by atoms with Gasteiger partial charge in [0.1, 0.15) is 11.2 Å². The van der Waals surface area contributed by atoms with Crippen molar-refractivity contribution in [2.75, 3.05) is 0 Å². The summed E-state index contributed by atoms with van der Waals surface area (Å²) in [5.41, 5.74) is 11.4. The highest BCUT2D eigenvalue weighted by Gasteiger charge is 2.21. The van der Waals surface area contributed by atoms with Crippen LogP contribution in [0.25, 0.3) is 49.4 Å². The fourth-order valence-electron chi connectivity index (χ4n) is 6.38. The predicted molar refractivity (Wildman–Crippen MR) is 149 cm³/mol. The van der Waals surface area contributed by atoms with Gasteiger partial charge in [-0.15, -0.1) is 0 Å². The standard InChI is InChI=1S/C34H25NO/c1-2-8-26(9-3-1)35-29-12-6-4-10-27(29)31-22-14-15-23-17-20-25(21-19-24(18-16-22)33(31)35)34-32(23)28-11-5-7-13-30(28)36-34/h1-13,16-18,20H,14-15,19,21H2. The topological polar surface area (TPSA) is 18.1 Å². The molecule has 0 saturated carbocycles. The molecule has 2 nitrogen and oxygen atoms in total. The Morgan fingerprint density at radius 3 is 1.97 bits per heavy atom. The van der Waals surface area contributed by atoms with Crippen LogP contribution in [-0.2, 0) is 25.7 Å². The lowest BCUT2D eigenvalue weighted by Crippen LogP contribution is -2.03. The zero-order valence-electron chi connectivity index (χ0n) is 20.0. The Kier molecular flexibility index (Phi) is 4.21. The third kappa shape index (κ3) is 2.79. The number of para-hydroxylation sites is 3. The van der Waals surface area contributed by atoms with Crippen LogP contribution in [0.1, 0.15) is 22.3 Å². The Hall–Kier alpha value is -4.30. The highest BCUT2D eigenvalue weighted by atomic mass is 16.3. The molecule has 172 valence electrons. The maximum atomic E-state index is 6.47. The predicted octanol–water partition coefficient (Wildman–Crippen LogP) is 8.57. The number of nitrogens with zero attached hydrogens (tertiary/aromatic N) is 1. The molecule has 4 bridgehead atoms. The Morgan fingerprint density at radius 2 is 1.11 bits per heavy atom. The largest absolute Gasteiger partial charge is 0.456 e. The van der Waals surface area contributed by atoms with Crippen LogP contribution in [-0.4, -0.2) is 4.57 Å². The van der Waals surface area contributed by atoms with Crippen LogP contribution in [0.5, 0.6) is 0 Å². The lowest BCUT2D eigenvalue weighted by Gasteiger charge is -2.15. The Morgan fingerprint density at radius 1 is 0.500 bits per heavy atom. The minimum Gasteiger partial charge on any atom is -0.456 e. The quantitative estimate of drug-likeness (QED) is 0.238. The molecule has 7 aromatic rings. The van der Waals surface area contributed by atoms with Gasteiger partial charge in [0.15, 0.2) is 0 Å². The van der Waals surface area contributed by atoms with Crippen molar-refractivity contribution >= 4 is 43.7 Å². The molecule has 5 aromatic carbocycles. The summed E-state index contributed by atoms with van der Waals surface area (Å²) in [5, 5.41) is 5.30. The van der Waals surface area contributed by atoms with Gasteiger partial charge in [0.2, 0.25) is 0 Å². The minimum absolute atomic E-state index is 0.946. The van der Waals surface area contributed by atoms with E-state index in [0.29, 0.717) is 0 Å². The van der Waals surface area contributed by atoms with Gasteiger partial charge in [-0.05, 0) is 72.2 Å². The molecule has 2 heteroatoms. The third-order valence-corrected chi connectivity index (χ3v) is 8.02. The van der Waals surface area contributed by atoms with E-state index in [1.165, 1.54) is 60.5 Å². The van der Waals surface area contributed by atoms with Crippen LogP contribution in [0.4, 0.5) is 0 Å². The van der Waals surface area contributed by atoms with Crippen LogP contribution >= 0.6 is 0 Å². The van der Waals surface area contributed by atoms with Crippen molar-refractivity contribution in [3.8, 4) is 5.69 Å². The summed E-state index contributed by atoms with van der Waals surface area (Å²) < 4.78 is 8.95. The van der Waals surface area contributed by atoms with E-state index in [9.17, 15) is 0 Å². The Bertz CT molecular complexity index is 1940. The fraction of sp³-hybridized carbons (Fsp3) is 0.118. The monoisotopic (exact) mass is 463 g/mol. The fourth-order valence-corrected chi connectivity index (χ4v) is 6.38. The second-order valence-corrected chi connectivity index (χ2v) is 9.98. The van der Waals surface area contributed by atoms with Crippen LogP contribution in [0.2, 0.25) is 0 Å². The van der Waals surface area contributed by atoms with E-state index < -0.39 is 0 Å². The van der Waals surface area contributed by atoms with Gasteiger partial charge < -0.3 is 8.98 Å². The lowest BCUT2D eigenvalue weighted by atomic mass is 9.91. The maximum absolute atomic E-state index is 6.47. The SMILES string of the molecule is c1ccc(-n2c3ccccc3c3c4ccc(c32)CCc2ccc(c3c2oc2ccccc23)CC4)cc1. The molecular weight excluding hydrogens is 438 g/mol. The summed E-state index contributed by atoms with van der Waals surface area (Å²) in [5.74, 6) is 0. The Balaban J connectivity index is 1.43. The molecule has 0 aliphatic heterocycles. The number of aryl methyl sites for hydroxylation is 4. The molecule has 0 radical (unpaired) electrons. The molecule has 36 heavy (non-hydrogen) atoms. The molecule has 0 N–H and O–H groups in total. The smallest absolute Gasteiger partial charge is 0.138 e. The minimum atomic E-state index is 0.946. The van der Waals surface area contributed by atoms with E-state index >= 15 is 0 Å². The number of hydrogen-bond acceptors (Lipinski definition) is 1. The van der Waals surface area contributed by atoms with Gasteiger partial charge >= 0.3 is 0 Å². The molecule has 2 aliphatic carbocycles. The first kappa shape index (κ1) is 19.9. The maximum Gasteiger partial charge on any atom is 0.138 e. The second-order valence-electron chi connectivity index (χ2n) is 9.98. The third-order valence-electron chi connectivity index (χ3n) is 8.02. The van der Waals surface area contributed by atoms with Crippen molar-refractivity contribution in [3.05, 3.63) is 125 Å². The van der Waals surface area contributed by atoms with Gasteiger partial charge in [0.05, 0.1) is 11.0 Å². The van der Waals surface area contributed by atoms with Crippen LogP contribution in [0, 0.1) is 0 Å². The summed E-state index contributed by atoms with van der Waals surface area (Å²) in [6.07, 6.45) is 3.89. The number of rotatable bonds is 1.